The van der Waals surface area contributed by atoms with E-state index in [9.17, 15) is 13.2 Å². The molecule has 0 saturated carbocycles. The number of nitrogens with one attached hydrogen (secondary N) is 3. The van der Waals surface area contributed by atoms with Gasteiger partial charge in [-0.2, -0.15) is 0 Å². The molecule has 0 spiro atoms. The van der Waals surface area contributed by atoms with Crippen molar-refractivity contribution >= 4 is 44.6 Å². The van der Waals surface area contributed by atoms with E-state index in [1.807, 2.05) is 18.2 Å². The first-order valence-corrected chi connectivity index (χ1v) is 11.4. The number of hydrogen-bond donors (Lipinski definition) is 3. The number of rotatable bonds is 8. The summed E-state index contributed by atoms with van der Waals surface area (Å²) in [5.41, 5.74) is 1.42. The largest absolute Gasteiger partial charge is 0.340 e. The van der Waals surface area contributed by atoms with Crippen molar-refractivity contribution in [3.8, 4) is 0 Å². The fourth-order valence-corrected chi connectivity index (χ4v) is 4.03. The summed E-state index contributed by atoms with van der Waals surface area (Å²) in [6.45, 7) is 1.39. The predicted molar refractivity (Wildman–Crippen MR) is 127 cm³/mol. The van der Waals surface area contributed by atoms with Gasteiger partial charge in [0.1, 0.15) is 23.8 Å². The zero-order valence-corrected chi connectivity index (χ0v) is 18.4. The van der Waals surface area contributed by atoms with Crippen LogP contribution in [-0.4, -0.2) is 29.2 Å². The minimum absolute atomic E-state index is 0.0197. The van der Waals surface area contributed by atoms with E-state index in [4.69, 9.17) is 0 Å². The minimum Gasteiger partial charge on any atom is -0.340 e. The maximum Gasteiger partial charge on any atom is 0.261 e. The molecule has 4 aromatic rings. The lowest BCUT2D eigenvalue weighted by atomic mass is 10.2. The van der Waals surface area contributed by atoms with Crippen molar-refractivity contribution in [1.82, 2.24) is 15.0 Å². The van der Waals surface area contributed by atoms with E-state index in [2.05, 4.69) is 30.3 Å². The molecule has 0 aliphatic rings. The van der Waals surface area contributed by atoms with E-state index in [0.717, 1.165) is 0 Å². The van der Waals surface area contributed by atoms with Crippen LogP contribution in [-0.2, 0) is 10.0 Å². The summed E-state index contributed by atoms with van der Waals surface area (Å²) in [6.07, 6.45) is 3.10. The summed E-state index contributed by atoms with van der Waals surface area (Å²) in [4.78, 5) is 24.1. The molecule has 0 aliphatic carbocycles. The van der Waals surface area contributed by atoms with Gasteiger partial charge in [-0.1, -0.05) is 18.2 Å². The first-order valence-electron chi connectivity index (χ1n) is 9.90. The third-order valence-corrected chi connectivity index (χ3v) is 5.93. The van der Waals surface area contributed by atoms with Gasteiger partial charge in [0.05, 0.1) is 4.90 Å². The van der Waals surface area contributed by atoms with Crippen LogP contribution in [0.15, 0.2) is 90.2 Å². The lowest BCUT2D eigenvalue weighted by Gasteiger charge is -2.11. The number of carbonyl (C=O) groups is 1. The molecular formula is C23H20N6O3S. The average Bonchev–Trinajstić information content (AvgIpc) is 2.81. The van der Waals surface area contributed by atoms with Gasteiger partial charge in [-0.05, 0) is 55.5 Å². The Morgan fingerprint density at radius 2 is 1.48 bits per heavy atom. The second-order valence-electron chi connectivity index (χ2n) is 7.02. The second kappa shape index (κ2) is 9.45. The van der Waals surface area contributed by atoms with Gasteiger partial charge in [0.15, 0.2) is 5.78 Å². The third-order valence-electron chi connectivity index (χ3n) is 4.55. The fourth-order valence-electron chi connectivity index (χ4n) is 2.93. The predicted octanol–water partition coefficient (Wildman–Crippen LogP) is 4.36. The molecule has 33 heavy (non-hydrogen) atoms. The average molecular weight is 461 g/mol. The summed E-state index contributed by atoms with van der Waals surface area (Å²) in [6, 6.07) is 19.8. The molecular weight excluding hydrogens is 440 g/mol. The topological polar surface area (TPSA) is 126 Å². The number of anilines is 5. The summed E-state index contributed by atoms with van der Waals surface area (Å²) < 4.78 is 27.9. The number of ketones is 1. The molecule has 10 heteroatoms. The molecule has 3 N–H and O–H groups in total. The molecule has 2 heterocycles. The Hall–Kier alpha value is -4.31. The van der Waals surface area contributed by atoms with E-state index < -0.39 is 10.0 Å². The smallest absolute Gasteiger partial charge is 0.261 e. The monoisotopic (exact) mass is 460 g/mol. The van der Waals surface area contributed by atoms with E-state index in [0.29, 0.717) is 34.4 Å². The van der Waals surface area contributed by atoms with Crippen molar-refractivity contribution in [3.63, 3.8) is 0 Å². The molecule has 0 amide bonds. The molecule has 0 bridgehead atoms. The number of nitrogens with zero attached hydrogens (tertiary/aromatic N) is 3. The maximum atomic E-state index is 12.7. The van der Waals surface area contributed by atoms with Crippen LogP contribution in [0.1, 0.15) is 17.3 Å². The molecule has 0 saturated heterocycles. The van der Waals surface area contributed by atoms with Gasteiger partial charge in [0.2, 0.25) is 0 Å². The number of pyridine rings is 1. The van der Waals surface area contributed by atoms with Crippen LogP contribution in [0.5, 0.6) is 0 Å². The SMILES string of the molecule is CC(=O)c1cccc(S(=O)(=O)Nc2ccc(Nc3cc(Nc4ccccn4)ncn3)cc2)c1. The number of carbonyl (C=O) groups excluding carboxylic acids is 1. The highest BCUT2D eigenvalue weighted by atomic mass is 32.2. The van der Waals surface area contributed by atoms with E-state index in [1.165, 1.54) is 31.5 Å². The van der Waals surface area contributed by atoms with Crippen molar-refractivity contribution in [1.29, 1.82) is 0 Å². The van der Waals surface area contributed by atoms with Crippen LogP contribution in [0.2, 0.25) is 0 Å². The maximum absolute atomic E-state index is 12.7. The standard InChI is InChI=1S/C23H20N6O3S/c1-16(30)17-5-4-6-20(13-17)33(31,32)29-19-10-8-18(9-11-19)27-22-14-23(26-15-25-22)28-21-7-2-3-12-24-21/h2-15,29H,1H3,(H2,24,25,26,27,28). The zero-order chi connectivity index (χ0) is 23.3. The number of sulfonamides is 1. The van der Waals surface area contributed by atoms with Crippen molar-refractivity contribution in [2.45, 2.75) is 11.8 Å². The molecule has 0 aliphatic heterocycles. The Balaban J connectivity index is 1.44. The molecule has 0 fully saturated rings. The van der Waals surface area contributed by atoms with Gasteiger partial charge < -0.3 is 10.6 Å². The van der Waals surface area contributed by atoms with Crippen LogP contribution >= 0.6 is 0 Å². The van der Waals surface area contributed by atoms with Crippen LogP contribution in [0.25, 0.3) is 0 Å². The fraction of sp³-hybridized carbons (Fsp3) is 0.0435. The Labute approximate surface area is 191 Å². The molecule has 2 aromatic heterocycles. The van der Waals surface area contributed by atoms with Gasteiger partial charge in [0, 0.05) is 29.2 Å². The van der Waals surface area contributed by atoms with Crippen LogP contribution < -0.4 is 15.4 Å². The number of benzene rings is 2. The molecule has 9 nitrogen and oxygen atoms in total. The molecule has 0 unspecified atom stereocenters. The highest BCUT2D eigenvalue weighted by Gasteiger charge is 2.15. The summed E-state index contributed by atoms with van der Waals surface area (Å²) in [7, 11) is -3.83. The molecule has 0 radical (unpaired) electrons. The van der Waals surface area contributed by atoms with E-state index >= 15 is 0 Å². The van der Waals surface area contributed by atoms with Gasteiger partial charge in [0.25, 0.3) is 10.0 Å². The summed E-state index contributed by atoms with van der Waals surface area (Å²) in [5.74, 6) is 1.58. The molecule has 166 valence electrons. The third kappa shape index (κ3) is 5.69. The van der Waals surface area contributed by atoms with E-state index in [1.54, 1.807) is 42.6 Å². The second-order valence-corrected chi connectivity index (χ2v) is 8.70. The highest BCUT2D eigenvalue weighted by Crippen LogP contribution is 2.22. The van der Waals surface area contributed by atoms with Crippen LogP contribution in [0.4, 0.5) is 28.8 Å². The van der Waals surface area contributed by atoms with Crippen LogP contribution in [0.3, 0.4) is 0 Å². The van der Waals surface area contributed by atoms with Crippen molar-refractivity contribution in [3.05, 3.63) is 90.9 Å². The summed E-state index contributed by atoms with van der Waals surface area (Å²) in [5, 5.41) is 6.24. The Morgan fingerprint density at radius 3 is 2.18 bits per heavy atom. The lowest BCUT2D eigenvalue weighted by molar-refractivity contribution is 0.101. The van der Waals surface area contributed by atoms with Gasteiger partial charge >= 0.3 is 0 Å². The molecule has 0 atom stereocenters. The number of Topliss-reactive ketones (excluding diaryl/α,β-unsaturated/α-hetero) is 1. The van der Waals surface area contributed by atoms with E-state index in [-0.39, 0.29) is 10.7 Å². The van der Waals surface area contributed by atoms with Crippen molar-refractivity contribution < 1.29 is 13.2 Å². The van der Waals surface area contributed by atoms with Crippen molar-refractivity contribution in [2.75, 3.05) is 15.4 Å². The molecule has 2 aromatic carbocycles. The van der Waals surface area contributed by atoms with Gasteiger partial charge in [-0.25, -0.2) is 23.4 Å². The first-order chi connectivity index (χ1) is 15.9. The quantitative estimate of drug-likeness (QED) is 0.331. The lowest BCUT2D eigenvalue weighted by Crippen LogP contribution is -2.13. The Bertz CT molecular complexity index is 1380. The highest BCUT2D eigenvalue weighted by molar-refractivity contribution is 7.92. The zero-order valence-electron chi connectivity index (χ0n) is 17.6. The normalized spacial score (nSPS) is 10.9. The molecule has 4 rings (SSSR count). The number of hydrogen-bond acceptors (Lipinski definition) is 8. The Kier molecular flexibility index (Phi) is 6.27. The van der Waals surface area contributed by atoms with Gasteiger partial charge in [-0.3, -0.25) is 9.52 Å². The van der Waals surface area contributed by atoms with Crippen molar-refractivity contribution in [2.24, 2.45) is 0 Å². The minimum atomic E-state index is -3.83. The van der Waals surface area contributed by atoms with Gasteiger partial charge in [-0.15, -0.1) is 0 Å². The summed E-state index contributed by atoms with van der Waals surface area (Å²) >= 11 is 0. The first kappa shape index (κ1) is 21.9. The van der Waals surface area contributed by atoms with Crippen LogP contribution in [0, 0.1) is 0 Å². The number of aromatic nitrogens is 3. The Morgan fingerprint density at radius 1 is 0.758 bits per heavy atom.